The van der Waals surface area contributed by atoms with E-state index < -0.39 is 0 Å². The minimum Gasteiger partial charge on any atom is -0.493 e. The van der Waals surface area contributed by atoms with Gasteiger partial charge < -0.3 is 14.9 Å². The molecule has 5 heteroatoms. The van der Waals surface area contributed by atoms with Crippen molar-refractivity contribution in [1.82, 2.24) is 10.2 Å². The van der Waals surface area contributed by atoms with Crippen LogP contribution < -0.4 is 10.5 Å². The van der Waals surface area contributed by atoms with Crippen molar-refractivity contribution in [2.24, 2.45) is 5.73 Å². The van der Waals surface area contributed by atoms with Crippen LogP contribution in [0.1, 0.15) is 11.5 Å². The summed E-state index contributed by atoms with van der Waals surface area (Å²) in [5.41, 5.74) is 7.57. The van der Waals surface area contributed by atoms with Crippen LogP contribution in [0.5, 0.6) is 5.75 Å². The predicted molar refractivity (Wildman–Crippen MR) is 61.7 cm³/mol. The zero-order chi connectivity index (χ0) is 11.7. The van der Waals surface area contributed by atoms with E-state index in [9.17, 15) is 0 Å². The van der Waals surface area contributed by atoms with Crippen LogP contribution in [0.4, 0.5) is 0 Å². The SMILES string of the molecule is NCCc1nnc(-c2ccc3c(c2)CCO3)o1. The molecule has 0 spiro atoms. The largest absolute Gasteiger partial charge is 0.493 e. The summed E-state index contributed by atoms with van der Waals surface area (Å²) >= 11 is 0. The lowest BCUT2D eigenvalue weighted by molar-refractivity contribution is 0.357. The first kappa shape index (κ1) is 10.3. The number of ether oxygens (including phenoxy) is 1. The van der Waals surface area contributed by atoms with Crippen molar-refractivity contribution in [2.75, 3.05) is 13.2 Å². The van der Waals surface area contributed by atoms with Gasteiger partial charge in [0.15, 0.2) is 0 Å². The Hall–Kier alpha value is -1.88. The third kappa shape index (κ3) is 1.89. The van der Waals surface area contributed by atoms with Gasteiger partial charge in [-0.1, -0.05) is 0 Å². The molecule has 2 N–H and O–H groups in total. The third-order valence-corrected chi connectivity index (χ3v) is 2.76. The van der Waals surface area contributed by atoms with E-state index in [1.807, 2.05) is 18.2 Å². The molecule has 0 unspecified atom stereocenters. The molecule has 0 saturated carbocycles. The van der Waals surface area contributed by atoms with E-state index in [0.717, 1.165) is 24.3 Å². The van der Waals surface area contributed by atoms with Crippen LogP contribution in [-0.2, 0) is 12.8 Å². The molecule has 0 radical (unpaired) electrons. The number of hydrogen-bond acceptors (Lipinski definition) is 5. The second-order valence-electron chi connectivity index (χ2n) is 3.96. The number of aromatic nitrogens is 2. The molecule has 0 fully saturated rings. The first-order chi connectivity index (χ1) is 8.36. The summed E-state index contributed by atoms with van der Waals surface area (Å²) in [6, 6.07) is 5.93. The summed E-state index contributed by atoms with van der Waals surface area (Å²) in [6.45, 7) is 1.26. The molecule has 3 rings (SSSR count). The maximum Gasteiger partial charge on any atom is 0.247 e. The van der Waals surface area contributed by atoms with E-state index in [1.54, 1.807) is 0 Å². The molecule has 88 valence electrons. The lowest BCUT2D eigenvalue weighted by Gasteiger charge is -1.99. The van der Waals surface area contributed by atoms with Crippen LogP contribution in [-0.4, -0.2) is 23.3 Å². The van der Waals surface area contributed by atoms with Crippen molar-refractivity contribution >= 4 is 0 Å². The zero-order valence-electron chi connectivity index (χ0n) is 9.35. The normalized spacial score (nSPS) is 13.5. The summed E-state index contributed by atoms with van der Waals surface area (Å²) in [4.78, 5) is 0. The summed E-state index contributed by atoms with van der Waals surface area (Å²) < 4.78 is 11.0. The molecule has 0 aliphatic carbocycles. The number of nitrogens with zero attached hydrogens (tertiary/aromatic N) is 2. The van der Waals surface area contributed by atoms with Crippen molar-refractivity contribution in [3.8, 4) is 17.2 Å². The molecule has 2 aromatic rings. The van der Waals surface area contributed by atoms with Gasteiger partial charge in [0, 0.05) is 24.9 Å². The molecular formula is C12H13N3O2. The van der Waals surface area contributed by atoms with Gasteiger partial charge in [-0.25, -0.2) is 0 Å². The van der Waals surface area contributed by atoms with Crippen LogP contribution in [0.3, 0.4) is 0 Å². The number of hydrogen-bond donors (Lipinski definition) is 1. The lowest BCUT2D eigenvalue weighted by Crippen LogP contribution is -2.02. The van der Waals surface area contributed by atoms with Crippen molar-refractivity contribution in [3.05, 3.63) is 29.7 Å². The highest BCUT2D eigenvalue weighted by Gasteiger charge is 2.15. The molecule has 17 heavy (non-hydrogen) atoms. The van der Waals surface area contributed by atoms with E-state index in [1.165, 1.54) is 5.56 Å². The van der Waals surface area contributed by atoms with Crippen LogP contribution in [0.15, 0.2) is 22.6 Å². The monoisotopic (exact) mass is 231 g/mol. The highest BCUT2D eigenvalue weighted by atomic mass is 16.5. The molecule has 1 aliphatic heterocycles. The lowest BCUT2D eigenvalue weighted by atomic mass is 10.1. The smallest absolute Gasteiger partial charge is 0.247 e. The second kappa shape index (κ2) is 4.18. The molecule has 1 aromatic heterocycles. The number of rotatable bonds is 3. The van der Waals surface area contributed by atoms with Gasteiger partial charge >= 0.3 is 0 Å². The highest BCUT2D eigenvalue weighted by molar-refractivity contribution is 5.57. The fourth-order valence-electron chi connectivity index (χ4n) is 1.91. The Balaban J connectivity index is 1.92. The minimum atomic E-state index is 0.514. The van der Waals surface area contributed by atoms with E-state index in [2.05, 4.69) is 10.2 Å². The van der Waals surface area contributed by atoms with Crippen LogP contribution >= 0.6 is 0 Å². The predicted octanol–water partition coefficient (Wildman–Crippen LogP) is 1.17. The Morgan fingerprint density at radius 2 is 2.24 bits per heavy atom. The fraction of sp³-hybridized carbons (Fsp3) is 0.333. The molecule has 0 atom stereocenters. The van der Waals surface area contributed by atoms with Gasteiger partial charge in [0.25, 0.3) is 0 Å². The first-order valence-electron chi connectivity index (χ1n) is 5.65. The summed E-state index contributed by atoms with van der Waals surface area (Å²) in [6.07, 6.45) is 1.55. The van der Waals surface area contributed by atoms with Gasteiger partial charge in [-0.05, 0) is 23.8 Å². The Morgan fingerprint density at radius 1 is 1.29 bits per heavy atom. The Kier molecular flexibility index (Phi) is 2.53. The zero-order valence-corrected chi connectivity index (χ0v) is 9.35. The summed E-state index contributed by atoms with van der Waals surface area (Å²) in [5, 5.41) is 7.97. The molecule has 0 amide bonds. The maximum atomic E-state index is 5.53. The first-order valence-corrected chi connectivity index (χ1v) is 5.65. The van der Waals surface area contributed by atoms with Gasteiger partial charge in [0.2, 0.25) is 11.8 Å². The van der Waals surface area contributed by atoms with E-state index in [4.69, 9.17) is 14.9 Å². The molecule has 2 heterocycles. The van der Waals surface area contributed by atoms with Gasteiger partial charge in [0.1, 0.15) is 5.75 Å². The van der Waals surface area contributed by atoms with Gasteiger partial charge in [-0.15, -0.1) is 10.2 Å². The fourth-order valence-corrected chi connectivity index (χ4v) is 1.91. The molecule has 1 aromatic carbocycles. The Labute approximate surface area is 98.6 Å². The molecule has 0 saturated heterocycles. The summed E-state index contributed by atoms with van der Waals surface area (Å²) in [5.74, 6) is 2.08. The van der Waals surface area contributed by atoms with Crippen LogP contribution in [0.25, 0.3) is 11.5 Å². The Morgan fingerprint density at radius 3 is 3.12 bits per heavy atom. The minimum absolute atomic E-state index is 0.514. The average molecular weight is 231 g/mol. The van der Waals surface area contributed by atoms with E-state index in [-0.39, 0.29) is 0 Å². The van der Waals surface area contributed by atoms with E-state index >= 15 is 0 Å². The maximum absolute atomic E-state index is 5.53. The van der Waals surface area contributed by atoms with Gasteiger partial charge in [-0.3, -0.25) is 0 Å². The number of nitrogens with two attached hydrogens (primary N) is 1. The molecular weight excluding hydrogens is 218 g/mol. The van der Waals surface area contributed by atoms with Crippen molar-refractivity contribution in [1.29, 1.82) is 0 Å². The quantitative estimate of drug-likeness (QED) is 0.858. The van der Waals surface area contributed by atoms with Crippen molar-refractivity contribution in [2.45, 2.75) is 12.8 Å². The Bertz CT molecular complexity index is 536. The summed E-state index contributed by atoms with van der Waals surface area (Å²) in [7, 11) is 0. The number of fused-ring (bicyclic) bond motifs is 1. The van der Waals surface area contributed by atoms with Crippen molar-refractivity contribution < 1.29 is 9.15 Å². The topological polar surface area (TPSA) is 74.2 Å². The standard InChI is InChI=1S/C12H13N3O2/c13-5-3-11-14-15-12(17-11)9-1-2-10-8(7-9)4-6-16-10/h1-2,7H,3-6,13H2. The van der Waals surface area contributed by atoms with Crippen LogP contribution in [0.2, 0.25) is 0 Å². The van der Waals surface area contributed by atoms with Gasteiger partial charge in [-0.2, -0.15) is 0 Å². The second-order valence-corrected chi connectivity index (χ2v) is 3.96. The molecule has 0 bridgehead atoms. The number of benzene rings is 1. The highest BCUT2D eigenvalue weighted by Crippen LogP contribution is 2.29. The van der Waals surface area contributed by atoms with E-state index in [0.29, 0.717) is 24.7 Å². The average Bonchev–Trinajstić information content (AvgIpc) is 2.96. The van der Waals surface area contributed by atoms with Gasteiger partial charge in [0.05, 0.1) is 6.61 Å². The molecule has 1 aliphatic rings. The third-order valence-electron chi connectivity index (χ3n) is 2.76. The van der Waals surface area contributed by atoms with Crippen LogP contribution in [0, 0.1) is 0 Å². The molecule has 5 nitrogen and oxygen atoms in total. The van der Waals surface area contributed by atoms with Crippen molar-refractivity contribution in [3.63, 3.8) is 0 Å².